The SMILES string of the molecule is CNC(c1coc(C)c1)c1ccc2c(c1)CN(C)C(=O)N2. The van der Waals surface area contributed by atoms with E-state index in [1.165, 1.54) is 0 Å². The molecule has 0 fully saturated rings. The Balaban J connectivity index is 1.95. The van der Waals surface area contributed by atoms with Crippen LogP contribution in [0.3, 0.4) is 0 Å². The van der Waals surface area contributed by atoms with Gasteiger partial charge in [-0.15, -0.1) is 0 Å². The summed E-state index contributed by atoms with van der Waals surface area (Å²) in [6.45, 7) is 2.56. The average Bonchev–Trinajstić information content (AvgIpc) is 2.87. The van der Waals surface area contributed by atoms with Gasteiger partial charge in [0.2, 0.25) is 0 Å². The van der Waals surface area contributed by atoms with Crippen LogP contribution in [0, 0.1) is 6.92 Å². The van der Waals surface area contributed by atoms with Gasteiger partial charge < -0.3 is 20.0 Å². The third-order valence-electron chi connectivity index (χ3n) is 3.83. The van der Waals surface area contributed by atoms with Crippen molar-refractivity contribution in [3.05, 3.63) is 53.0 Å². The van der Waals surface area contributed by atoms with Gasteiger partial charge in [-0.2, -0.15) is 0 Å². The summed E-state index contributed by atoms with van der Waals surface area (Å²) in [4.78, 5) is 13.3. The molecule has 1 atom stereocenters. The number of carbonyl (C=O) groups is 1. The van der Waals surface area contributed by atoms with Gasteiger partial charge in [-0.05, 0) is 37.2 Å². The number of anilines is 1. The summed E-state index contributed by atoms with van der Waals surface area (Å²) >= 11 is 0. The monoisotopic (exact) mass is 285 g/mol. The van der Waals surface area contributed by atoms with E-state index in [-0.39, 0.29) is 12.1 Å². The second kappa shape index (κ2) is 5.26. The molecular formula is C16H19N3O2. The summed E-state index contributed by atoms with van der Waals surface area (Å²) in [5.74, 6) is 0.898. The zero-order valence-electron chi connectivity index (χ0n) is 12.4. The van der Waals surface area contributed by atoms with Gasteiger partial charge in [-0.1, -0.05) is 12.1 Å². The van der Waals surface area contributed by atoms with Crippen molar-refractivity contribution in [2.45, 2.75) is 19.5 Å². The fourth-order valence-electron chi connectivity index (χ4n) is 2.72. The van der Waals surface area contributed by atoms with Crippen molar-refractivity contribution < 1.29 is 9.21 Å². The minimum atomic E-state index is -0.0640. The number of aryl methyl sites for hydroxylation is 1. The van der Waals surface area contributed by atoms with E-state index in [1.54, 1.807) is 18.2 Å². The van der Waals surface area contributed by atoms with Crippen LogP contribution in [0.5, 0.6) is 0 Å². The summed E-state index contributed by atoms with van der Waals surface area (Å²) in [6, 6.07) is 8.19. The highest BCUT2D eigenvalue weighted by atomic mass is 16.3. The van der Waals surface area contributed by atoms with Crippen LogP contribution in [0.2, 0.25) is 0 Å². The lowest BCUT2D eigenvalue weighted by atomic mass is 9.97. The van der Waals surface area contributed by atoms with E-state index < -0.39 is 0 Å². The Labute approximate surface area is 123 Å². The van der Waals surface area contributed by atoms with E-state index in [0.29, 0.717) is 6.54 Å². The summed E-state index contributed by atoms with van der Waals surface area (Å²) in [7, 11) is 3.72. The fourth-order valence-corrected chi connectivity index (χ4v) is 2.72. The number of fused-ring (bicyclic) bond motifs is 1. The van der Waals surface area contributed by atoms with Gasteiger partial charge in [0.25, 0.3) is 0 Å². The maximum atomic E-state index is 11.6. The number of carbonyl (C=O) groups excluding carboxylic acids is 1. The molecule has 2 amide bonds. The fraction of sp³-hybridized carbons (Fsp3) is 0.312. The third-order valence-corrected chi connectivity index (χ3v) is 3.83. The van der Waals surface area contributed by atoms with E-state index in [4.69, 9.17) is 4.42 Å². The first kappa shape index (κ1) is 13.7. The van der Waals surface area contributed by atoms with Crippen molar-refractivity contribution in [3.8, 4) is 0 Å². The molecule has 0 aliphatic carbocycles. The molecule has 2 heterocycles. The highest BCUT2D eigenvalue weighted by Gasteiger charge is 2.21. The van der Waals surface area contributed by atoms with Crippen LogP contribution in [-0.2, 0) is 6.54 Å². The lowest BCUT2D eigenvalue weighted by molar-refractivity contribution is 0.218. The molecule has 1 aliphatic heterocycles. The molecule has 0 bridgehead atoms. The minimum absolute atomic E-state index is 0.0640. The molecule has 1 unspecified atom stereocenters. The second-order valence-electron chi connectivity index (χ2n) is 5.42. The van der Waals surface area contributed by atoms with Crippen molar-refractivity contribution in [1.29, 1.82) is 0 Å². The number of rotatable bonds is 3. The maximum Gasteiger partial charge on any atom is 0.321 e. The molecule has 0 saturated heterocycles. The molecular weight excluding hydrogens is 266 g/mol. The Morgan fingerprint density at radius 2 is 2.14 bits per heavy atom. The molecule has 2 aromatic rings. The first-order valence-corrected chi connectivity index (χ1v) is 6.95. The third kappa shape index (κ3) is 2.52. The Hall–Kier alpha value is -2.27. The first-order chi connectivity index (χ1) is 10.1. The molecule has 0 saturated carbocycles. The van der Waals surface area contributed by atoms with Crippen molar-refractivity contribution in [2.24, 2.45) is 0 Å². The van der Waals surface area contributed by atoms with Gasteiger partial charge in [0.15, 0.2) is 0 Å². The van der Waals surface area contributed by atoms with Crippen molar-refractivity contribution in [2.75, 3.05) is 19.4 Å². The molecule has 3 rings (SSSR count). The van der Waals surface area contributed by atoms with Gasteiger partial charge in [0.05, 0.1) is 12.3 Å². The molecule has 5 nitrogen and oxygen atoms in total. The first-order valence-electron chi connectivity index (χ1n) is 6.95. The highest BCUT2D eigenvalue weighted by Crippen LogP contribution is 2.29. The van der Waals surface area contributed by atoms with Crippen molar-refractivity contribution >= 4 is 11.7 Å². The van der Waals surface area contributed by atoms with Crippen LogP contribution in [0.25, 0.3) is 0 Å². The summed E-state index contributed by atoms with van der Waals surface area (Å²) in [6.07, 6.45) is 1.78. The smallest absolute Gasteiger partial charge is 0.321 e. The van der Waals surface area contributed by atoms with Gasteiger partial charge in [-0.3, -0.25) is 0 Å². The number of benzene rings is 1. The molecule has 21 heavy (non-hydrogen) atoms. The lowest BCUT2D eigenvalue weighted by Gasteiger charge is -2.27. The summed E-state index contributed by atoms with van der Waals surface area (Å²) in [5.41, 5.74) is 4.26. The van der Waals surface area contributed by atoms with Crippen LogP contribution < -0.4 is 10.6 Å². The van der Waals surface area contributed by atoms with Gasteiger partial charge in [0.1, 0.15) is 5.76 Å². The Kier molecular flexibility index (Phi) is 3.43. The maximum absolute atomic E-state index is 11.6. The number of hydrogen-bond acceptors (Lipinski definition) is 3. The van der Waals surface area contributed by atoms with Crippen LogP contribution in [0.4, 0.5) is 10.5 Å². The molecule has 0 radical (unpaired) electrons. The van der Waals surface area contributed by atoms with Crippen LogP contribution in [0.15, 0.2) is 34.9 Å². The van der Waals surface area contributed by atoms with Gasteiger partial charge in [0, 0.05) is 24.8 Å². The Morgan fingerprint density at radius 3 is 2.81 bits per heavy atom. The highest BCUT2D eigenvalue weighted by molar-refractivity contribution is 5.92. The molecule has 110 valence electrons. The number of nitrogens with one attached hydrogen (secondary N) is 2. The van der Waals surface area contributed by atoms with Gasteiger partial charge in [-0.25, -0.2) is 4.79 Å². The average molecular weight is 285 g/mol. The number of amides is 2. The van der Waals surface area contributed by atoms with E-state index in [9.17, 15) is 4.79 Å². The minimum Gasteiger partial charge on any atom is -0.469 e. The number of furan rings is 1. The van der Waals surface area contributed by atoms with E-state index in [2.05, 4.69) is 16.7 Å². The second-order valence-corrected chi connectivity index (χ2v) is 5.42. The number of nitrogens with zero attached hydrogens (tertiary/aromatic N) is 1. The Morgan fingerprint density at radius 1 is 1.33 bits per heavy atom. The van der Waals surface area contributed by atoms with Crippen LogP contribution >= 0.6 is 0 Å². The zero-order chi connectivity index (χ0) is 15.0. The van der Waals surface area contributed by atoms with Gasteiger partial charge >= 0.3 is 6.03 Å². The molecule has 1 aromatic carbocycles. The zero-order valence-corrected chi connectivity index (χ0v) is 12.4. The number of hydrogen-bond donors (Lipinski definition) is 2. The molecule has 1 aromatic heterocycles. The predicted octanol–water partition coefficient (Wildman–Crippen LogP) is 2.87. The standard InChI is InChI=1S/C16H19N3O2/c1-10-6-13(9-21-10)15(17-2)11-4-5-14-12(7-11)8-19(3)16(20)18-14/h4-7,9,15,17H,8H2,1-3H3,(H,18,20). The summed E-state index contributed by atoms with van der Waals surface area (Å²) < 4.78 is 5.41. The van der Waals surface area contributed by atoms with Crippen molar-refractivity contribution in [3.63, 3.8) is 0 Å². The largest absolute Gasteiger partial charge is 0.469 e. The van der Waals surface area contributed by atoms with E-state index >= 15 is 0 Å². The van der Waals surface area contributed by atoms with Crippen LogP contribution in [0.1, 0.15) is 28.5 Å². The molecule has 5 heteroatoms. The normalized spacial score (nSPS) is 15.6. The molecule has 0 spiro atoms. The van der Waals surface area contributed by atoms with Crippen LogP contribution in [-0.4, -0.2) is 25.0 Å². The predicted molar refractivity (Wildman–Crippen MR) is 81.3 cm³/mol. The summed E-state index contributed by atoms with van der Waals surface area (Å²) in [5, 5.41) is 6.20. The number of urea groups is 1. The lowest BCUT2D eigenvalue weighted by Crippen LogP contribution is -2.35. The van der Waals surface area contributed by atoms with E-state index in [1.807, 2.05) is 32.2 Å². The van der Waals surface area contributed by atoms with Crippen molar-refractivity contribution in [1.82, 2.24) is 10.2 Å². The quantitative estimate of drug-likeness (QED) is 0.911. The topological polar surface area (TPSA) is 57.5 Å². The molecule has 2 N–H and O–H groups in total. The Bertz CT molecular complexity index is 678. The van der Waals surface area contributed by atoms with E-state index in [0.717, 1.165) is 28.1 Å². The molecule has 1 aliphatic rings.